The lowest BCUT2D eigenvalue weighted by atomic mass is 10.0. The Kier molecular flexibility index (Phi) is 11.8. The minimum atomic E-state index is -1.42. The van der Waals surface area contributed by atoms with E-state index in [1.807, 2.05) is 81.7 Å². The van der Waals surface area contributed by atoms with Gasteiger partial charge in [0.2, 0.25) is 0 Å². The minimum absolute atomic E-state index is 0. The highest BCUT2D eigenvalue weighted by atomic mass is 32.1. The molecule has 2 atom stereocenters. The van der Waals surface area contributed by atoms with Crippen LogP contribution < -0.4 is 0 Å². The van der Waals surface area contributed by atoms with Crippen LogP contribution in [-0.4, -0.2) is 74.3 Å². The Morgan fingerprint density at radius 1 is 0.750 bits per heavy atom. The summed E-state index contributed by atoms with van der Waals surface area (Å²) in [5.74, 6) is 7.62. The lowest BCUT2D eigenvalue weighted by Gasteiger charge is -2.27. The topological polar surface area (TPSA) is 116 Å². The molecule has 4 aliphatic rings. The van der Waals surface area contributed by atoms with Crippen molar-refractivity contribution < 1.29 is 19.1 Å². The fourth-order valence-electron chi connectivity index (χ4n) is 7.51. The maximum absolute atomic E-state index is 12.9. The lowest BCUT2D eigenvalue weighted by Crippen LogP contribution is -2.37. The molecule has 13 heteroatoms. The Morgan fingerprint density at radius 3 is 1.54 bits per heavy atom. The van der Waals surface area contributed by atoms with Crippen LogP contribution in [0.25, 0.3) is 22.1 Å². The van der Waals surface area contributed by atoms with E-state index in [-0.39, 0.29) is 62.1 Å². The van der Waals surface area contributed by atoms with Crippen LogP contribution in [0, 0.1) is 34.6 Å². The molecule has 300 valence electrons. The van der Waals surface area contributed by atoms with Gasteiger partial charge in [-0.3, -0.25) is 9.80 Å². The Labute approximate surface area is 346 Å². The summed E-state index contributed by atoms with van der Waals surface area (Å²) in [7, 11) is -1.42. The summed E-state index contributed by atoms with van der Waals surface area (Å²) in [6.45, 7) is 19.6. The van der Waals surface area contributed by atoms with Crippen molar-refractivity contribution in [3.8, 4) is 23.8 Å². The molecule has 0 bridgehead atoms. The lowest BCUT2D eigenvalue weighted by molar-refractivity contribution is 0.0202. The first-order valence-corrected chi connectivity index (χ1v) is 22.7. The van der Waals surface area contributed by atoms with Crippen LogP contribution in [-0.2, 0) is 9.47 Å². The van der Waals surface area contributed by atoms with E-state index in [1.54, 1.807) is 0 Å². The number of carbonyl (C=O) groups excluding carboxylic acids is 2. The Bertz CT molecular complexity index is 2220. The fraction of sp³-hybridized carbons (Fsp3) is 0.535. The van der Waals surface area contributed by atoms with Gasteiger partial charge in [0.1, 0.15) is 30.9 Å². The first kappa shape index (κ1) is 43.1. The highest BCUT2D eigenvalue weighted by Crippen LogP contribution is 2.59. The summed E-state index contributed by atoms with van der Waals surface area (Å²) in [5.41, 5.74) is 8.41. The summed E-state index contributed by atoms with van der Waals surface area (Å²) in [6, 6.07) is 11.7. The van der Waals surface area contributed by atoms with Gasteiger partial charge in [0.25, 0.3) is 0 Å². The van der Waals surface area contributed by atoms with E-state index >= 15 is 0 Å². The van der Waals surface area contributed by atoms with Crippen molar-refractivity contribution >= 4 is 69.3 Å². The molecular formula is C43H58N6O4S2Si. The van der Waals surface area contributed by atoms with Crippen molar-refractivity contribution in [3.63, 3.8) is 0 Å². The van der Waals surface area contributed by atoms with E-state index in [2.05, 4.69) is 53.1 Å². The molecule has 2 spiro atoms. The van der Waals surface area contributed by atoms with Gasteiger partial charge in [-0.05, 0) is 127 Å². The van der Waals surface area contributed by atoms with Crippen LogP contribution in [0.4, 0.5) is 9.59 Å². The Morgan fingerprint density at radius 2 is 1.16 bits per heavy atom. The molecule has 2 aliphatic heterocycles. The van der Waals surface area contributed by atoms with Crippen molar-refractivity contribution in [2.24, 2.45) is 10.8 Å². The number of rotatable bonds is 2. The predicted octanol–water partition coefficient (Wildman–Crippen LogP) is 9.49. The number of ether oxygens (including phenoxy) is 2. The van der Waals surface area contributed by atoms with Crippen LogP contribution in [0.2, 0.25) is 19.6 Å². The minimum Gasteiger partial charge on any atom is -0.444 e. The average Bonchev–Trinajstić information content (AvgIpc) is 3.71. The second-order valence-corrected chi connectivity index (χ2v) is 23.8. The van der Waals surface area contributed by atoms with Crippen LogP contribution in [0.5, 0.6) is 0 Å². The molecule has 2 saturated carbocycles. The first-order chi connectivity index (χ1) is 25.2. The highest BCUT2D eigenvalue weighted by Gasteiger charge is 2.56. The number of terminal acetylenes is 1. The molecule has 0 unspecified atom stereocenters. The number of hydrogen-bond acceptors (Lipinski definition) is 6. The van der Waals surface area contributed by atoms with Crippen LogP contribution in [0.15, 0.2) is 36.4 Å². The second-order valence-electron chi connectivity index (χ2n) is 19.0. The summed E-state index contributed by atoms with van der Waals surface area (Å²) in [5, 5.41) is 0. The largest absolute Gasteiger partial charge is 0.444 e. The van der Waals surface area contributed by atoms with Crippen LogP contribution in [0.1, 0.15) is 115 Å². The van der Waals surface area contributed by atoms with Crippen LogP contribution >= 0.6 is 27.0 Å². The number of hydrogen-bond donors (Lipinski definition) is 2. The molecule has 56 heavy (non-hydrogen) atoms. The molecule has 2 aliphatic carbocycles. The maximum atomic E-state index is 12.9. The number of H-pyrrole nitrogens is 2. The molecule has 10 nitrogen and oxygen atoms in total. The number of carbonyl (C=O) groups is 2. The standard InChI is InChI=1S/C23H31N3O2Si.C20H23N3O2.2H2S/c1-22(2,3)28-21(27)26-15-23(10-11-23)14-19(26)20-24-17-8-7-16(13-18(17)25-20)9-12-29(4,5)6;1-5-13-6-7-14-15(10-13)22-17(21-14)16-11-20(8-9-20)12-23(16)18(24)25-19(2,3)4;;/h7-8,13,19H,10-11,14-15H2,1-6H3,(H,24,25);1,6-7,10,16H,8-9,11-12H2,2-4H3,(H,21,22);2*1H2/t19-;16-;;/m00../s1. The Balaban J connectivity index is 0.000000209. The normalized spacial score (nSPS) is 20.3. The number of fused-ring (bicyclic) bond motifs is 2. The first-order valence-electron chi connectivity index (χ1n) is 19.2. The van der Waals surface area contributed by atoms with E-state index in [0.29, 0.717) is 0 Å². The van der Waals surface area contributed by atoms with Crippen LogP contribution in [0.3, 0.4) is 0 Å². The quantitative estimate of drug-likeness (QED) is 0.154. The third-order valence-electron chi connectivity index (χ3n) is 10.6. The monoisotopic (exact) mass is 814 g/mol. The van der Waals surface area contributed by atoms with E-state index in [9.17, 15) is 9.59 Å². The molecule has 2 amide bonds. The number of nitrogens with zero attached hydrogens (tertiary/aromatic N) is 4. The molecule has 2 aromatic heterocycles. The number of amides is 2. The number of benzene rings is 2. The predicted molar refractivity (Wildman–Crippen MR) is 235 cm³/mol. The van der Waals surface area contributed by atoms with Gasteiger partial charge >= 0.3 is 12.2 Å². The molecule has 4 heterocycles. The smallest absolute Gasteiger partial charge is 0.410 e. The molecule has 2 saturated heterocycles. The zero-order chi connectivity index (χ0) is 38.8. The van der Waals surface area contributed by atoms with E-state index in [4.69, 9.17) is 25.9 Å². The molecular weight excluding hydrogens is 757 g/mol. The van der Waals surface area contributed by atoms with Gasteiger partial charge in [-0.25, -0.2) is 19.6 Å². The van der Waals surface area contributed by atoms with Crippen molar-refractivity contribution in [2.75, 3.05) is 13.1 Å². The van der Waals surface area contributed by atoms with Gasteiger partial charge < -0.3 is 19.4 Å². The number of imidazole rings is 2. The molecule has 4 aromatic rings. The SMILES string of the molecule is C#Cc1ccc2nc([C@@H]3CC4(CC4)CN3C(=O)OC(C)(C)C)[nH]c2c1.CC(C)(C)OC(=O)N1CC2(CC2)C[C@H]1c1nc2ccc(C#C[Si](C)(C)C)cc2[nH]1.S.S. The summed E-state index contributed by atoms with van der Waals surface area (Å²) < 4.78 is 11.3. The summed E-state index contributed by atoms with van der Waals surface area (Å²) >= 11 is 0. The molecule has 2 aromatic carbocycles. The highest BCUT2D eigenvalue weighted by molar-refractivity contribution is 7.59. The van der Waals surface area contributed by atoms with Crippen molar-refractivity contribution in [3.05, 3.63) is 59.2 Å². The van der Waals surface area contributed by atoms with E-state index < -0.39 is 19.3 Å². The molecule has 2 N–H and O–H groups in total. The van der Waals surface area contributed by atoms with E-state index in [1.165, 1.54) is 25.7 Å². The zero-order valence-corrected chi connectivity index (χ0v) is 37.3. The van der Waals surface area contributed by atoms with Gasteiger partial charge in [0.15, 0.2) is 0 Å². The van der Waals surface area contributed by atoms with E-state index in [0.717, 1.165) is 70.8 Å². The van der Waals surface area contributed by atoms with Crippen molar-refractivity contribution in [1.29, 1.82) is 0 Å². The number of aromatic amines is 2. The van der Waals surface area contributed by atoms with Gasteiger partial charge in [0, 0.05) is 24.2 Å². The third-order valence-corrected chi connectivity index (χ3v) is 11.4. The molecule has 8 rings (SSSR count). The Hall–Kier alpha value is -4.04. The number of aromatic nitrogens is 4. The molecule has 4 fully saturated rings. The van der Waals surface area contributed by atoms with Crippen molar-refractivity contribution in [2.45, 2.75) is 123 Å². The van der Waals surface area contributed by atoms with Gasteiger partial charge in [-0.1, -0.05) is 31.5 Å². The fourth-order valence-corrected chi connectivity index (χ4v) is 8.03. The van der Waals surface area contributed by atoms with Crippen molar-refractivity contribution in [1.82, 2.24) is 29.7 Å². The summed E-state index contributed by atoms with van der Waals surface area (Å²) in [6.07, 6.45) is 11.6. The maximum Gasteiger partial charge on any atom is 0.410 e. The van der Waals surface area contributed by atoms with Gasteiger partial charge in [-0.2, -0.15) is 27.0 Å². The number of likely N-dealkylation sites (tertiary alicyclic amines) is 2. The van der Waals surface area contributed by atoms with Gasteiger partial charge in [0.05, 0.1) is 34.2 Å². The number of nitrogens with one attached hydrogen (secondary N) is 2. The molecule has 0 radical (unpaired) electrons. The zero-order valence-electron chi connectivity index (χ0n) is 34.3. The third kappa shape index (κ3) is 9.90. The second kappa shape index (κ2) is 15.4. The average molecular weight is 815 g/mol. The van der Waals surface area contributed by atoms with Gasteiger partial charge in [-0.15, -0.1) is 12.0 Å². The summed E-state index contributed by atoms with van der Waals surface area (Å²) in [4.78, 5) is 45.7.